The van der Waals surface area contributed by atoms with Gasteiger partial charge in [0.2, 0.25) is 29.5 Å². The standard InChI is InChI=1S/C49H31N5O.C42H26N6O/c1-4-16-31(17-5-1)40-30-41(32-18-6-2-7-19-32)51-49(50-40)54-42-28-13-12-24-37(42)45-38(27-15-29-43(45)54)47-52-53-48(55-47)39-26-14-25-36-34-22-10-11-23-35(34)44(46(36)39)33-20-8-3-9-21-33;1-2-13-28(14-3-1)47-35-21-6-4-15-29(35)30-17-8-19-33(40(30)47)42-46-45-41(49-42)32-18-9-23-37-39(32)31-16-5-7-22-36(31)48(37)38-24-10-20-34(44-38)27-12-11-25-43-26-27/h1-30,44H;1-26H. The molecule has 8 aromatic heterocycles. The molecule has 1 atom stereocenters. The number of rotatable bonds is 11. The van der Waals surface area contributed by atoms with Crippen molar-refractivity contribution >= 4 is 65.4 Å². The molecule has 20 aromatic rings. The minimum Gasteiger partial charge on any atom is -0.416 e. The Labute approximate surface area is 595 Å². The second-order valence-corrected chi connectivity index (χ2v) is 25.8. The number of para-hydroxylation sites is 5. The SMILES string of the molecule is c1ccc(-c2cc(-c3ccccc3)nc(-n3c4ccccc4c4c(-c5nnc(-c6cccc7c6C(c6ccccc6)c6ccccc6-7)o5)cccc43)n2)cc1.c1ccc(-n2c3ccccc3c3cccc(-c4nnc(-c5cccc6c5c5ccccc5n6-c5cccc(-c6cccnc6)n5)o4)c32)cc1. The van der Waals surface area contributed by atoms with Crippen molar-refractivity contribution in [2.75, 3.05) is 0 Å². The summed E-state index contributed by atoms with van der Waals surface area (Å²) in [6.45, 7) is 0. The van der Waals surface area contributed by atoms with Crippen molar-refractivity contribution in [2.45, 2.75) is 5.92 Å². The monoisotopic (exact) mass is 1340 g/mol. The van der Waals surface area contributed by atoms with Crippen molar-refractivity contribution in [3.05, 3.63) is 357 Å². The van der Waals surface area contributed by atoms with Crippen molar-refractivity contribution in [3.8, 4) is 108 Å². The second kappa shape index (κ2) is 24.8. The zero-order valence-corrected chi connectivity index (χ0v) is 55.6. The van der Waals surface area contributed by atoms with E-state index in [9.17, 15) is 0 Å². The highest BCUT2D eigenvalue weighted by Crippen LogP contribution is 2.52. The lowest BCUT2D eigenvalue weighted by atomic mass is 9.87. The van der Waals surface area contributed by atoms with E-state index < -0.39 is 0 Å². The van der Waals surface area contributed by atoms with E-state index in [2.05, 4.69) is 272 Å². The zero-order valence-electron chi connectivity index (χ0n) is 55.6. The largest absolute Gasteiger partial charge is 0.416 e. The molecule has 21 rings (SSSR count). The Morgan fingerprint density at radius 3 is 1.41 bits per heavy atom. The molecule has 0 fully saturated rings. The number of pyridine rings is 2. The molecule has 0 amide bonds. The van der Waals surface area contributed by atoms with Crippen LogP contribution in [0.2, 0.25) is 0 Å². The first-order valence-corrected chi connectivity index (χ1v) is 34.6. The Morgan fingerprint density at radius 2 is 0.760 bits per heavy atom. The number of hydrogen-bond donors (Lipinski definition) is 0. The summed E-state index contributed by atoms with van der Waals surface area (Å²) in [4.78, 5) is 19.8. The first kappa shape index (κ1) is 59.7. The fourth-order valence-electron chi connectivity index (χ4n) is 15.5. The first-order valence-electron chi connectivity index (χ1n) is 34.6. The minimum absolute atomic E-state index is 0.0489. The van der Waals surface area contributed by atoms with E-state index >= 15 is 0 Å². The Bertz CT molecular complexity index is 6620. The van der Waals surface area contributed by atoms with E-state index in [0.29, 0.717) is 29.5 Å². The molecule has 0 aliphatic heterocycles. The molecular weight excluding hydrogens is 1280 g/mol. The molecule has 0 saturated heterocycles. The molecule has 488 valence electrons. The number of benzene rings is 12. The topological polar surface area (TPSA) is 144 Å². The highest BCUT2D eigenvalue weighted by molar-refractivity contribution is 6.17. The summed E-state index contributed by atoms with van der Waals surface area (Å²) in [6.07, 6.45) is 3.61. The van der Waals surface area contributed by atoms with Crippen LogP contribution in [0.3, 0.4) is 0 Å². The van der Waals surface area contributed by atoms with Crippen LogP contribution in [-0.2, 0) is 0 Å². The maximum absolute atomic E-state index is 6.73. The highest BCUT2D eigenvalue weighted by atomic mass is 16.4. The summed E-state index contributed by atoms with van der Waals surface area (Å²) in [7, 11) is 0. The van der Waals surface area contributed by atoms with Crippen molar-refractivity contribution in [2.24, 2.45) is 0 Å². The summed E-state index contributed by atoms with van der Waals surface area (Å²) in [5.41, 5.74) is 22.4. The van der Waals surface area contributed by atoms with Crippen molar-refractivity contribution in [1.29, 1.82) is 0 Å². The average Bonchev–Trinajstić information content (AvgIpc) is 1.59. The minimum atomic E-state index is 0.0489. The lowest BCUT2D eigenvalue weighted by Crippen LogP contribution is -2.04. The van der Waals surface area contributed by atoms with Gasteiger partial charge in [0.1, 0.15) is 5.82 Å². The van der Waals surface area contributed by atoms with Crippen LogP contribution in [0, 0.1) is 0 Å². The van der Waals surface area contributed by atoms with Gasteiger partial charge in [-0.05, 0) is 125 Å². The Hall–Kier alpha value is -14.3. The quantitative estimate of drug-likeness (QED) is 0.123. The van der Waals surface area contributed by atoms with E-state index in [4.69, 9.17) is 34.0 Å². The van der Waals surface area contributed by atoms with Gasteiger partial charge in [0, 0.05) is 89.7 Å². The van der Waals surface area contributed by atoms with E-state index in [-0.39, 0.29) is 5.92 Å². The first-order chi connectivity index (χ1) is 51.6. The van der Waals surface area contributed by atoms with Gasteiger partial charge < -0.3 is 13.4 Å². The smallest absolute Gasteiger partial charge is 0.250 e. The van der Waals surface area contributed by atoms with Gasteiger partial charge in [0.25, 0.3) is 0 Å². The van der Waals surface area contributed by atoms with Gasteiger partial charge in [0.05, 0.1) is 55.7 Å². The summed E-state index contributed by atoms with van der Waals surface area (Å²) >= 11 is 0. The Morgan fingerprint density at radius 1 is 0.298 bits per heavy atom. The molecule has 8 heterocycles. The van der Waals surface area contributed by atoms with E-state index in [1.165, 1.54) is 33.2 Å². The van der Waals surface area contributed by atoms with Gasteiger partial charge in [0.15, 0.2) is 0 Å². The molecule has 1 aliphatic carbocycles. The molecule has 1 aliphatic rings. The lowest BCUT2D eigenvalue weighted by Gasteiger charge is -2.16. The number of nitrogens with zero attached hydrogens (tertiary/aromatic N) is 11. The maximum atomic E-state index is 6.73. The van der Waals surface area contributed by atoms with Gasteiger partial charge in [-0.3, -0.25) is 14.1 Å². The average molecular weight is 1340 g/mol. The Balaban J connectivity index is 0.000000139. The van der Waals surface area contributed by atoms with Gasteiger partial charge in [-0.25, -0.2) is 15.0 Å². The molecular formula is C91H57N11O2. The summed E-state index contributed by atoms with van der Waals surface area (Å²) in [5.74, 6) is 3.32. The van der Waals surface area contributed by atoms with Crippen molar-refractivity contribution < 1.29 is 8.83 Å². The predicted octanol–water partition coefficient (Wildman–Crippen LogP) is 21.8. The molecule has 13 nitrogen and oxygen atoms in total. The third kappa shape index (κ3) is 9.93. The molecule has 0 bridgehead atoms. The third-order valence-corrected chi connectivity index (χ3v) is 19.9. The van der Waals surface area contributed by atoms with Crippen LogP contribution in [0.25, 0.3) is 174 Å². The number of aromatic nitrogens is 11. The fourth-order valence-corrected chi connectivity index (χ4v) is 15.5. The van der Waals surface area contributed by atoms with Crippen LogP contribution in [-0.4, -0.2) is 54.0 Å². The predicted molar refractivity (Wildman–Crippen MR) is 414 cm³/mol. The summed E-state index contributed by atoms with van der Waals surface area (Å²) in [5, 5.41) is 25.2. The fraction of sp³-hybridized carbons (Fsp3) is 0.0110. The molecule has 0 spiro atoms. The van der Waals surface area contributed by atoms with E-state index in [0.717, 1.165) is 128 Å². The molecule has 0 saturated carbocycles. The van der Waals surface area contributed by atoms with Crippen LogP contribution in [0.1, 0.15) is 22.6 Å². The summed E-state index contributed by atoms with van der Waals surface area (Å²) < 4.78 is 20.0. The molecule has 12 aromatic carbocycles. The number of hydrogen-bond acceptors (Lipinski definition) is 10. The molecule has 1 unspecified atom stereocenters. The van der Waals surface area contributed by atoms with Crippen molar-refractivity contribution in [3.63, 3.8) is 0 Å². The van der Waals surface area contributed by atoms with Gasteiger partial charge in [-0.1, -0.05) is 231 Å². The lowest BCUT2D eigenvalue weighted by molar-refractivity contribution is 0.584. The molecule has 0 radical (unpaired) electrons. The normalized spacial score (nSPS) is 12.5. The van der Waals surface area contributed by atoms with Crippen LogP contribution >= 0.6 is 0 Å². The van der Waals surface area contributed by atoms with Gasteiger partial charge >= 0.3 is 0 Å². The second-order valence-electron chi connectivity index (χ2n) is 25.8. The number of fused-ring (bicyclic) bond motifs is 12. The molecule has 0 N–H and O–H groups in total. The van der Waals surface area contributed by atoms with E-state index in [1.54, 1.807) is 6.20 Å². The third-order valence-electron chi connectivity index (χ3n) is 19.9. The Kier molecular flexibility index (Phi) is 14.3. The molecule has 104 heavy (non-hydrogen) atoms. The zero-order chi connectivity index (χ0) is 68.6. The van der Waals surface area contributed by atoms with Gasteiger partial charge in [-0.15, -0.1) is 20.4 Å². The van der Waals surface area contributed by atoms with Gasteiger partial charge in [-0.2, -0.15) is 0 Å². The van der Waals surface area contributed by atoms with Crippen LogP contribution in [0.15, 0.2) is 349 Å². The van der Waals surface area contributed by atoms with Crippen LogP contribution in [0.4, 0.5) is 0 Å². The maximum Gasteiger partial charge on any atom is 0.250 e. The van der Waals surface area contributed by atoms with Crippen LogP contribution < -0.4 is 0 Å². The van der Waals surface area contributed by atoms with Crippen LogP contribution in [0.5, 0.6) is 0 Å². The highest BCUT2D eigenvalue weighted by Gasteiger charge is 2.34. The van der Waals surface area contributed by atoms with E-state index in [1.807, 2.05) is 91.1 Å². The molecule has 13 heteroatoms. The summed E-state index contributed by atoms with van der Waals surface area (Å²) in [6, 6.07) is 113. The van der Waals surface area contributed by atoms with Crippen molar-refractivity contribution in [1.82, 2.24) is 54.0 Å².